The lowest BCUT2D eigenvalue weighted by molar-refractivity contribution is -0.132. The highest BCUT2D eigenvalue weighted by Gasteiger charge is 2.47. The van der Waals surface area contributed by atoms with Crippen molar-refractivity contribution >= 4 is 39.1 Å². The molecule has 3 aromatic rings. The number of anilines is 1. The highest BCUT2D eigenvalue weighted by atomic mass is 79.9. The summed E-state index contributed by atoms with van der Waals surface area (Å²) in [6.45, 7) is 10.2. The standard InChI is InChI=1S/C31H32BrNO5/c1-18(2)38-23-14-12-22(13-15-23)33-27(19-7-10-21(11-8-19)31(3,4)5)26(29(35)30(33)36)28(34)20-9-16-25(37-6)24(32)17-20/h7-18,27,34H,1-6H3/b28-26-. The first-order valence-corrected chi connectivity index (χ1v) is 13.2. The minimum Gasteiger partial charge on any atom is -0.507 e. The van der Waals surface area contributed by atoms with Gasteiger partial charge in [-0.05, 0) is 88.8 Å². The number of nitrogens with zero attached hydrogens (tertiary/aromatic N) is 1. The van der Waals surface area contributed by atoms with Gasteiger partial charge in [0.05, 0.1) is 29.3 Å². The highest BCUT2D eigenvalue weighted by molar-refractivity contribution is 9.10. The lowest BCUT2D eigenvalue weighted by Crippen LogP contribution is -2.29. The van der Waals surface area contributed by atoms with E-state index in [4.69, 9.17) is 9.47 Å². The normalized spacial score (nSPS) is 17.3. The van der Waals surface area contributed by atoms with Crippen LogP contribution in [-0.4, -0.2) is 30.0 Å². The molecule has 7 heteroatoms. The molecule has 198 valence electrons. The minimum atomic E-state index is -0.818. The van der Waals surface area contributed by atoms with Gasteiger partial charge in [-0.1, -0.05) is 45.0 Å². The zero-order valence-electron chi connectivity index (χ0n) is 22.4. The zero-order chi connectivity index (χ0) is 27.8. The van der Waals surface area contributed by atoms with E-state index in [-0.39, 0.29) is 22.9 Å². The maximum Gasteiger partial charge on any atom is 0.300 e. The molecule has 1 heterocycles. The van der Waals surface area contributed by atoms with Crippen molar-refractivity contribution in [1.82, 2.24) is 0 Å². The van der Waals surface area contributed by atoms with Crippen molar-refractivity contribution in [3.8, 4) is 11.5 Å². The fourth-order valence-corrected chi connectivity index (χ4v) is 5.05. The Bertz CT molecular complexity index is 1390. The summed E-state index contributed by atoms with van der Waals surface area (Å²) >= 11 is 3.44. The number of hydrogen-bond acceptors (Lipinski definition) is 5. The average molecular weight is 579 g/mol. The summed E-state index contributed by atoms with van der Waals surface area (Å²) in [5, 5.41) is 11.4. The van der Waals surface area contributed by atoms with Gasteiger partial charge in [-0.25, -0.2) is 0 Å². The van der Waals surface area contributed by atoms with Crippen LogP contribution in [0.15, 0.2) is 76.8 Å². The van der Waals surface area contributed by atoms with Crippen molar-refractivity contribution in [2.75, 3.05) is 12.0 Å². The molecular formula is C31H32BrNO5. The third-order valence-electron chi connectivity index (χ3n) is 6.45. The summed E-state index contributed by atoms with van der Waals surface area (Å²) in [5.74, 6) is -0.461. The first-order chi connectivity index (χ1) is 17.9. The van der Waals surface area contributed by atoms with Crippen LogP contribution in [0.3, 0.4) is 0 Å². The van der Waals surface area contributed by atoms with Crippen LogP contribution in [0.5, 0.6) is 11.5 Å². The van der Waals surface area contributed by atoms with E-state index in [1.165, 1.54) is 4.90 Å². The Kier molecular flexibility index (Phi) is 7.70. The number of hydrogen-bond donors (Lipinski definition) is 1. The van der Waals surface area contributed by atoms with E-state index >= 15 is 0 Å². The van der Waals surface area contributed by atoms with Crippen LogP contribution >= 0.6 is 15.9 Å². The number of carbonyl (C=O) groups excluding carboxylic acids is 2. The summed E-state index contributed by atoms with van der Waals surface area (Å²) in [6.07, 6.45) is 0.000213. The van der Waals surface area contributed by atoms with Gasteiger partial charge >= 0.3 is 0 Å². The number of aliphatic hydroxyl groups is 1. The van der Waals surface area contributed by atoms with Crippen molar-refractivity contribution in [2.45, 2.75) is 52.2 Å². The van der Waals surface area contributed by atoms with Crippen LogP contribution in [-0.2, 0) is 15.0 Å². The van der Waals surface area contributed by atoms with Crippen molar-refractivity contribution < 1.29 is 24.2 Å². The number of ketones is 1. The van der Waals surface area contributed by atoms with Gasteiger partial charge in [0.15, 0.2) is 0 Å². The molecule has 1 unspecified atom stereocenters. The molecule has 1 N–H and O–H groups in total. The molecule has 1 saturated heterocycles. The minimum absolute atomic E-state index is 0.000213. The third-order valence-corrected chi connectivity index (χ3v) is 7.07. The molecule has 1 fully saturated rings. The van der Waals surface area contributed by atoms with E-state index in [0.29, 0.717) is 32.8 Å². The average Bonchev–Trinajstić information content (AvgIpc) is 3.13. The second kappa shape index (κ2) is 10.7. The molecule has 0 aromatic heterocycles. The number of halogens is 1. The fraction of sp³-hybridized carbons (Fsp3) is 0.290. The summed E-state index contributed by atoms with van der Waals surface area (Å²) in [7, 11) is 1.55. The molecule has 0 saturated carbocycles. The Morgan fingerprint density at radius 3 is 2.13 bits per heavy atom. The number of aliphatic hydroxyl groups excluding tert-OH is 1. The van der Waals surface area contributed by atoms with Crippen LogP contribution in [0.4, 0.5) is 5.69 Å². The van der Waals surface area contributed by atoms with Gasteiger partial charge in [-0.15, -0.1) is 0 Å². The van der Waals surface area contributed by atoms with Crippen LogP contribution in [0.25, 0.3) is 5.76 Å². The Hall–Kier alpha value is -3.58. The van der Waals surface area contributed by atoms with Gasteiger partial charge in [-0.2, -0.15) is 0 Å². The molecule has 0 bridgehead atoms. The molecule has 0 spiro atoms. The van der Waals surface area contributed by atoms with Crippen molar-refractivity contribution in [3.05, 3.63) is 93.5 Å². The first kappa shape index (κ1) is 27.5. The van der Waals surface area contributed by atoms with Crippen LogP contribution < -0.4 is 14.4 Å². The Morgan fingerprint density at radius 2 is 1.61 bits per heavy atom. The second-order valence-corrected chi connectivity index (χ2v) is 11.4. The van der Waals surface area contributed by atoms with Gasteiger partial charge < -0.3 is 14.6 Å². The van der Waals surface area contributed by atoms with Crippen molar-refractivity contribution in [3.63, 3.8) is 0 Å². The smallest absolute Gasteiger partial charge is 0.300 e. The Labute approximate surface area is 232 Å². The Morgan fingerprint density at radius 1 is 0.974 bits per heavy atom. The quantitative estimate of drug-likeness (QED) is 0.191. The topological polar surface area (TPSA) is 76.1 Å². The van der Waals surface area contributed by atoms with E-state index in [1.54, 1.807) is 49.6 Å². The molecule has 38 heavy (non-hydrogen) atoms. The van der Waals surface area contributed by atoms with Gasteiger partial charge in [0.25, 0.3) is 11.7 Å². The molecule has 0 aliphatic carbocycles. The van der Waals surface area contributed by atoms with E-state index in [1.807, 2.05) is 38.1 Å². The SMILES string of the molecule is COc1ccc(/C(O)=C2/C(=O)C(=O)N(c3ccc(OC(C)C)cc3)C2c2ccc(C(C)(C)C)cc2)cc1Br. The lowest BCUT2D eigenvalue weighted by atomic mass is 9.85. The number of carbonyl (C=O) groups is 2. The maximum atomic E-state index is 13.5. The third kappa shape index (κ3) is 5.34. The number of ether oxygens (including phenoxy) is 2. The number of Topliss-reactive ketones (excluding diaryl/α,β-unsaturated/α-hetero) is 1. The molecule has 4 rings (SSSR count). The van der Waals surface area contributed by atoms with Gasteiger partial charge in [0.1, 0.15) is 17.3 Å². The molecule has 1 aliphatic rings. The molecule has 1 amide bonds. The molecular weight excluding hydrogens is 546 g/mol. The van der Waals surface area contributed by atoms with Gasteiger partial charge in [0.2, 0.25) is 0 Å². The number of amides is 1. The Balaban J connectivity index is 1.88. The predicted octanol–water partition coefficient (Wildman–Crippen LogP) is 7.17. The second-order valence-electron chi connectivity index (χ2n) is 10.6. The molecule has 1 atom stereocenters. The molecule has 1 aliphatic heterocycles. The molecule has 3 aromatic carbocycles. The molecule has 6 nitrogen and oxygen atoms in total. The highest BCUT2D eigenvalue weighted by Crippen LogP contribution is 2.43. The maximum absolute atomic E-state index is 13.5. The van der Waals surface area contributed by atoms with E-state index in [0.717, 1.165) is 5.56 Å². The monoisotopic (exact) mass is 577 g/mol. The predicted molar refractivity (Wildman–Crippen MR) is 153 cm³/mol. The van der Waals surface area contributed by atoms with Crippen molar-refractivity contribution in [1.29, 1.82) is 0 Å². The van der Waals surface area contributed by atoms with Crippen molar-refractivity contribution in [2.24, 2.45) is 0 Å². The summed E-state index contributed by atoms with van der Waals surface area (Å²) in [5.41, 5.74) is 2.72. The van der Waals surface area contributed by atoms with Gasteiger partial charge in [-0.3, -0.25) is 14.5 Å². The van der Waals surface area contributed by atoms with Crippen LogP contribution in [0, 0.1) is 0 Å². The summed E-state index contributed by atoms with van der Waals surface area (Å²) in [6, 6.07) is 19.1. The lowest BCUT2D eigenvalue weighted by Gasteiger charge is -2.27. The molecule has 0 radical (unpaired) electrons. The zero-order valence-corrected chi connectivity index (χ0v) is 24.0. The van der Waals surface area contributed by atoms with Crippen LogP contribution in [0.2, 0.25) is 0 Å². The number of rotatable bonds is 6. The summed E-state index contributed by atoms with van der Waals surface area (Å²) in [4.78, 5) is 28.4. The van der Waals surface area contributed by atoms with E-state index in [9.17, 15) is 14.7 Å². The number of benzene rings is 3. The van der Waals surface area contributed by atoms with E-state index < -0.39 is 17.7 Å². The van der Waals surface area contributed by atoms with E-state index in [2.05, 4.69) is 36.7 Å². The van der Waals surface area contributed by atoms with Gasteiger partial charge in [0, 0.05) is 11.3 Å². The number of methoxy groups -OCH3 is 1. The van der Waals surface area contributed by atoms with Crippen LogP contribution in [0.1, 0.15) is 57.4 Å². The summed E-state index contributed by atoms with van der Waals surface area (Å²) < 4.78 is 11.7. The largest absolute Gasteiger partial charge is 0.507 e. The fourth-order valence-electron chi connectivity index (χ4n) is 4.51. The first-order valence-electron chi connectivity index (χ1n) is 12.4.